The van der Waals surface area contributed by atoms with Gasteiger partial charge in [0.15, 0.2) is 0 Å². The highest BCUT2D eigenvalue weighted by atomic mass is 79.9. The van der Waals surface area contributed by atoms with E-state index in [4.69, 9.17) is 5.26 Å². The van der Waals surface area contributed by atoms with Crippen molar-refractivity contribution in [1.29, 1.82) is 5.26 Å². The monoisotopic (exact) mass is 332 g/mol. The molecule has 0 aliphatic rings. The van der Waals surface area contributed by atoms with E-state index in [1.165, 1.54) is 6.07 Å². The lowest BCUT2D eigenvalue weighted by Gasteiger charge is -2.17. The zero-order valence-corrected chi connectivity index (χ0v) is 12.6. The van der Waals surface area contributed by atoms with E-state index >= 15 is 0 Å². The number of rotatable bonds is 4. The summed E-state index contributed by atoms with van der Waals surface area (Å²) in [7, 11) is 0. The average molecular weight is 333 g/mol. The van der Waals surface area contributed by atoms with Crippen LogP contribution in [-0.2, 0) is 6.42 Å². The Labute approximate surface area is 126 Å². The SMILES string of the molecule is CC(Cc1ccccc1F)Nc1cc(Br)ccc1C#N. The van der Waals surface area contributed by atoms with Crippen molar-refractivity contribution in [3.63, 3.8) is 0 Å². The van der Waals surface area contributed by atoms with Crippen molar-refractivity contribution < 1.29 is 4.39 Å². The summed E-state index contributed by atoms with van der Waals surface area (Å²) in [6, 6.07) is 14.3. The maximum atomic E-state index is 13.6. The topological polar surface area (TPSA) is 35.8 Å². The summed E-state index contributed by atoms with van der Waals surface area (Å²) in [4.78, 5) is 0. The molecule has 0 saturated carbocycles. The van der Waals surface area contributed by atoms with Gasteiger partial charge in [0.05, 0.1) is 11.3 Å². The molecule has 0 aromatic heterocycles. The highest BCUT2D eigenvalue weighted by molar-refractivity contribution is 9.10. The van der Waals surface area contributed by atoms with Gasteiger partial charge in [0.2, 0.25) is 0 Å². The number of benzene rings is 2. The van der Waals surface area contributed by atoms with Crippen molar-refractivity contribution in [2.75, 3.05) is 5.32 Å². The Bertz CT molecular complexity index is 649. The van der Waals surface area contributed by atoms with E-state index in [0.717, 1.165) is 10.2 Å². The Kier molecular flexibility index (Phi) is 4.75. The predicted molar refractivity (Wildman–Crippen MR) is 82.0 cm³/mol. The first-order valence-corrected chi connectivity index (χ1v) is 7.09. The summed E-state index contributed by atoms with van der Waals surface area (Å²) in [6.07, 6.45) is 0.560. The highest BCUT2D eigenvalue weighted by Crippen LogP contribution is 2.22. The molecule has 0 aliphatic heterocycles. The minimum absolute atomic E-state index is 0.0216. The molecule has 4 heteroatoms. The third-order valence-corrected chi connectivity index (χ3v) is 3.48. The van der Waals surface area contributed by atoms with Gasteiger partial charge in [-0.15, -0.1) is 0 Å². The minimum Gasteiger partial charge on any atom is -0.381 e. The number of anilines is 1. The molecule has 2 aromatic rings. The molecule has 102 valence electrons. The maximum absolute atomic E-state index is 13.6. The minimum atomic E-state index is -0.198. The molecule has 0 bridgehead atoms. The van der Waals surface area contributed by atoms with Crippen LogP contribution in [0.25, 0.3) is 0 Å². The van der Waals surface area contributed by atoms with Gasteiger partial charge < -0.3 is 5.32 Å². The van der Waals surface area contributed by atoms with Crippen LogP contribution < -0.4 is 5.32 Å². The van der Waals surface area contributed by atoms with Gasteiger partial charge in [-0.1, -0.05) is 34.1 Å². The second-order valence-corrected chi connectivity index (χ2v) is 5.56. The van der Waals surface area contributed by atoms with E-state index in [1.54, 1.807) is 18.2 Å². The lowest BCUT2D eigenvalue weighted by atomic mass is 10.1. The molecule has 2 rings (SSSR count). The standard InChI is InChI=1S/C16H14BrFN2/c1-11(8-12-4-2-3-5-15(12)18)20-16-9-14(17)7-6-13(16)10-19/h2-7,9,11,20H,8H2,1H3. The van der Waals surface area contributed by atoms with Crippen molar-refractivity contribution in [3.05, 3.63) is 63.9 Å². The lowest BCUT2D eigenvalue weighted by Crippen LogP contribution is -2.19. The molecule has 1 N–H and O–H groups in total. The smallest absolute Gasteiger partial charge is 0.126 e. The quantitative estimate of drug-likeness (QED) is 0.894. The second kappa shape index (κ2) is 6.53. The number of nitrogens with one attached hydrogen (secondary N) is 1. The summed E-state index contributed by atoms with van der Waals surface area (Å²) in [6.45, 7) is 1.97. The van der Waals surface area contributed by atoms with Gasteiger partial charge in [0.1, 0.15) is 11.9 Å². The summed E-state index contributed by atoms with van der Waals surface area (Å²) < 4.78 is 14.5. The zero-order chi connectivity index (χ0) is 14.5. The number of hydrogen-bond acceptors (Lipinski definition) is 2. The normalized spacial score (nSPS) is 11.7. The van der Waals surface area contributed by atoms with Crippen molar-refractivity contribution >= 4 is 21.6 Å². The largest absolute Gasteiger partial charge is 0.381 e. The van der Waals surface area contributed by atoms with Gasteiger partial charge >= 0.3 is 0 Å². The molecule has 0 amide bonds. The molecular formula is C16H14BrFN2. The van der Waals surface area contributed by atoms with E-state index in [-0.39, 0.29) is 11.9 Å². The van der Waals surface area contributed by atoms with Crippen LogP contribution in [0.2, 0.25) is 0 Å². The second-order valence-electron chi connectivity index (χ2n) is 4.64. The molecule has 0 aliphatic carbocycles. The van der Waals surface area contributed by atoms with Crippen LogP contribution in [0.3, 0.4) is 0 Å². The molecule has 2 aromatic carbocycles. The van der Waals surface area contributed by atoms with Crippen LogP contribution in [0.5, 0.6) is 0 Å². The molecule has 0 fully saturated rings. The molecule has 0 saturated heterocycles. The van der Waals surface area contributed by atoms with Crippen LogP contribution in [0.4, 0.5) is 10.1 Å². The first-order chi connectivity index (χ1) is 9.60. The molecule has 0 heterocycles. The van der Waals surface area contributed by atoms with Crippen molar-refractivity contribution in [2.24, 2.45) is 0 Å². The van der Waals surface area contributed by atoms with Gasteiger partial charge in [-0.25, -0.2) is 4.39 Å². The summed E-state index contributed by atoms with van der Waals surface area (Å²) in [5.41, 5.74) is 2.00. The van der Waals surface area contributed by atoms with Crippen LogP contribution >= 0.6 is 15.9 Å². The molecule has 2 nitrogen and oxygen atoms in total. The Hall–Kier alpha value is -1.86. The summed E-state index contributed by atoms with van der Waals surface area (Å²) in [5.74, 6) is -0.198. The van der Waals surface area contributed by atoms with E-state index in [1.807, 2.05) is 25.1 Å². The Morgan fingerprint density at radius 3 is 2.75 bits per heavy atom. The van der Waals surface area contributed by atoms with E-state index < -0.39 is 0 Å². The van der Waals surface area contributed by atoms with Crippen LogP contribution in [0, 0.1) is 17.1 Å². The van der Waals surface area contributed by atoms with Crippen LogP contribution in [0.15, 0.2) is 46.9 Å². The molecule has 20 heavy (non-hydrogen) atoms. The highest BCUT2D eigenvalue weighted by Gasteiger charge is 2.10. The van der Waals surface area contributed by atoms with Crippen LogP contribution in [-0.4, -0.2) is 6.04 Å². The van der Waals surface area contributed by atoms with Gasteiger partial charge in [-0.3, -0.25) is 0 Å². The van der Waals surface area contributed by atoms with Gasteiger partial charge in [0.25, 0.3) is 0 Å². The number of nitrogens with zero attached hydrogens (tertiary/aromatic N) is 1. The zero-order valence-electron chi connectivity index (χ0n) is 11.0. The predicted octanol–water partition coefficient (Wildman–Crippen LogP) is 4.50. The first-order valence-electron chi connectivity index (χ1n) is 6.29. The Morgan fingerprint density at radius 1 is 1.30 bits per heavy atom. The van der Waals surface area contributed by atoms with Crippen molar-refractivity contribution in [1.82, 2.24) is 0 Å². The molecular weight excluding hydrogens is 319 g/mol. The van der Waals surface area contributed by atoms with Gasteiger partial charge in [-0.2, -0.15) is 5.26 Å². The first kappa shape index (κ1) is 14.5. The van der Waals surface area contributed by atoms with E-state index in [2.05, 4.69) is 27.3 Å². The average Bonchev–Trinajstić information content (AvgIpc) is 2.41. The van der Waals surface area contributed by atoms with Gasteiger partial charge in [-0.05, 0) is 43.2 Å². The summed E-state index contributed by atoms with van der Waals surface area (Å²) in [5, 5.41) is 12.3. The van der Waals surface area contributed by atoms with Crippen molar-refractivity contribution in [3.8, 4) is 6.07 Å². The third-order valence-electron chi connectivity index (χ3n) is 2.99. The third kappa shape index (κ3) is 3.58. The molecule has 1 unspecified atom stereocenters. The number of hydrogen-bond donors (Lipinski definition) is 1. The number of nitriles is 1. The Balaban J connectivity index is 2.13. The van der Waals surface area contributed by atoms with E-state index in [0.29, 0.717) is 17.5 Å². The molecule has 0 spiro atoms. The van der Waals surface area contributed by atoms with E-state index in [9.17, 15) is 4.39 Å². The fraction of sp³-hybridized carbons (Fsp3) is 0.188. The molecule has 1 atom stereocenters. The lowest BCUT2D eigenvalue weighted by molar-refractivity contribution is 0.601. The number of halogens is 2. The fourth-order valence-corrected chi connectivity index (χ4v) is 2.40. The Morgan fingerprint density at radius 2 is 2.05 bits per heavy atom. The maximum Gasteiger partial charge on any atom is 0.126 e. The van der Waals surface area contributed by atoms with Crippen molar-refractivity contribution in [2.45, 2.75) is 19.4 Å². The molecule has 0 radical (unpaired) electrons. The van der Waals surface area contributed by atoms with Crippen LogP contribution in [0.1, 0.15) is 18.1 Å². The van der Waals surface area contributed by atoms with Gasteiger partial charge in [0, 0.05) is 10.5 Å². The summed E-state index contributed by atoms with van der Waals surface area (Å²) >= 11 is 3.38. The fourth-order valence-electron chi connectivity index (χ4n) is 2.04.